The number of carbonyl (C=O) groups excluding carboxylic acids is 1. The lowest BCUT2D eigenvalue weighted by molar-refractivity contribution is -0.603. The number of carbonyl (C=O) groups is 1. The van der Waals surface area contributed by atoms with E-state index >= 15 is 0 Å². The van der Waals surface area contributed by atoms with Crippen molar-refractivity contribution < 1.29 is 74.0 Å². The molecule has 3 aromatic carbocycles. The van der Waals surface area contributed by atoms with Gasteiger partial charge in [0.2, 0.25) is 5.91 Å². The number of phenols is 1. The van der Waals surface area contributed by atoms with E-state index in [9.17, 15) is 31.3 Å². The number of fused-ring (bicyclic) bond motifs is 1. The lowest BCUT2D eigenvalue weighted by atomic mass is 10.1. The Labute approximate surface area is 341 Å². The maximum atomic E-state index is 12.8. The van der Waals surface area contributed by atoms with Crippen LogP contribution in [0.15, 0.2) is 91.9 Å². The molecule has 0 atom stereocenters. The van der Waals surface area contributed by atoms with Gasteiger partial charge in [0.25, 0.3) is 10.1 Å². The Kier molecular flexibility index (Phi) is 14.1. The van der Waals surface area contributed by atoms with Gasteiger partial charge < -0.3 is 25.8 Å². The minimum absolute atomic E-state index is 0.0278. The summed E-state index contributed by atoms with van der Waals surface area (Å²) in [5.41, 5.74) is 5.18. The van der Waals surface area contributed by atoms with Crippen molar-refractivity contribution in [2.24, 2.45) is 16.0 Å². The van der Waals surface area contributed by atoms with Gasteiger partial charge in [-0.25, -0.2) is 23.5 Å². The van der Waals surface area contributed by atoms with Crippen molar-refractivity contribution in [3.63, 3.8) is 0 Å². The first kappa shape index (κ1) is 43.4. The number of ether oxygens (including phenoxy) is 1. The van der Waals surface area contributed by atoms with Gasteiger partial charge in [-0.15, -0.1) is 18.8 Å². The second-order valence-corrected chi connectivity index (χ2v) is 16.5. The van der Waals surface area contributed by atoms with Crippen molar-refractivity contribution in [1.82, 2.24) is 15.0 Å². The first-order valence-corrected chi connectivity index (χ1v) is 20.9. The molecule has 0 aliphatic carbocycles. The average molecular weight is 897 g/mol. The van der Waals surface area contributed by atoms with Crippen molar-refractivity contribution in [1.29, 1.82) is 0 Å². The van der Waals surface area contributed by atoms with E-state index in [2.05, 4.69) is 49.2 Å². The normalized spacial score (nSPS) is 13.6. The van der Waals surface area contributed by atoms with Gasteiger partial charge >= 0.3 is 17.8 Å². The molecule has 2 aromatic heterocycles. The van der Waals surface area contributed by atoms with Crippen molar-refractivity contribution in [3.8, 4) is 11.7 Å². The molecule has 59 heavy (non-hydrogen) atoms. The zero-order chi connectivity index (χ0) is 42.2. The number of phenolic OH excluding ortho intramolecular Hbond substituents is 1. The van der Waals surface area contributed by atoms with Crippen LogP contribution in [0.4, 0.5) is 29.0 Å². The number of anilines is 3. The van der Waals surface area contributed by atoms with E-state index in [-0.39, 0.29) is 80.0 Å². The second-order valence-electron chi connectivity index (χ2n) is 11.7. The molecule has 1 saturated heterocycles. The Hall–Kier alpha value is -5.21. The molecule has 7 N–H and O–H groups in total. The third-order valence-electron chi connectivity index (χ3n) is 8.08. The Morgan fingerprint density at radius 3 is 2.34 bits per heavy atom. The minimum atomic E-state index is -4.98. The number of aromatic nitrogens is 4. The molecule has 1 amide bonds. The number of azo groups is 1. The molecule has 1 aliphatic heterocycles. The van der Waals surface area contributed by atoms with Crippen LogP contribution in [0.25, 0.3) is 16.7 Å². The maximum Gasteiger partial charge on any atom is 0.444 e. The van der Waals surface area contributed by atoms with Gasteiger partial charge in [0.05, 0.1) is 71.2 Å². The number of amides is 1. The van der Waals surface area contributed by atoms with E-state index in [1.807, 2.05) is 0 Å². The summed E-state index contributed by atoms with van der Waals surface area (Å²) in [6, 6.07) is 11.6. The van der Waals surface area contributed by atoms with Crippen molar-refractivity contribution >= 4 is 90.0 Å². The van der Waals surface area contributed by atoms with Gasteiger partial charge in [-0.1, -0.05) is 10.1 Å². The van der Waals surface area contributed by atoms with Crippen molar-refractivity contribution in [2.75, 3.05) is 48.9 Å². The molecule has 24 nitrogen and oxygen atoms in total. The van der Waals surface area contributed by atoms with E-state index in [4.69, 9.17) is 25.2 Å². The number of morpholine rings is 1. The number of primary amides is 1. The molecule has 0 radical (unpaired) electrons. The standard InChI is InChI=1S/C31H29N9O15S4/c32-28(42)18-5-7-39(8-6-18)30-34-29(35-31(36-30)40-9-11-50-12-10-40)33-23-17-22-19(16-25(23)59(47,48)49)15-24(56-54-52-43)26(27(22)41)38-37-20-1-3-21(4-2-20)58(45,46)14-13-51-57-55-53-44/h1-8,15-17H,9-14,32H2,(H4,42,43,44,47,48,49)/p+1. The number of aromatic hydroxyl groups is 1. The van der Waals surface area contributed by atoms with Crippen LogP contribution < -0.4 is 20.5 Å². The third kappa shape index (κ3) is 10.9. The van der Waals surface area contributed by atoms with Gasteiger partial charge in [-0.05, 0) is 70.0 Å². The highest BCUT2D eigenvalue weighted by atomic mass is 32.2. The van der Waals surface area contributed by atoms with Crippen LogP contribution in [0.1, 0.15) is 10.4 Å². The van der Waals surface area contributed by atoms with Crippen LogP contribution in [0.5, 0.6) is 5.75 Å². The van der Waals surface area contributed by atoms with Gasteiger partial charge in [-0.3, -0.25) is 13.5 Å². The molecule has 312 valence electrons. The maximum absolute atomic E-state index is 12.8. The summed E-state index contributed by atoms with van der Waals surface area (Å²) >= 11 is 0.590. The summed E-state index contributed by atoms with van der Waals surface area (Å²) < 4.78 is 81.5. The van der Waals surface area contributed by atoms with Crippen LogP contribution in [-0.2, 0) is 47.6 Å². The van der Waals surface area contributed by atoms with Gasteiger partial charge in [-0.2, -0.15) is 13.5 Å². The summed E-state index contributed by atoms with van der Waals surface area (Å²) in [4.78, 5) is 26.1. The number of nitrogens with zero attached hydrogens (tertiary/aromatic N) is 7. The quantitative estimate of drug-likeness (QED) is 0.0139. The molecule has 1 fully saturated rings. The van der Waals surface area contributed by atoms with E-state index in [0.29, 0.717) is 38.3 Å². The molecule has 0 bridgehead atoms. The summed E-state index contributed by atoms with van der Waals surface area (Å²) in [5.74, 6) is -1.64. The Morgan fingerprint density at radius 1 is 0.966 bits per heavy atom. The molecule has 0 spiro atoms. The van der Waals surface area contributed by atoms with Crippen LogP contribution in [-0.4, -0.2) is 96.5 Å². The monoisotopic (exact) mass is 896 g/mol. The molecule has 1 aliphatic rings. The number of hydrogen-bond acceptors (Lipinski definition) is 23. The zero-order valence-corrected chi connectivity index (χ0v) is 33.0. The summed E-state index contributed by atoms with van der Waals surface area (Å²) in [7, 11) is -8.80. The van der Waals surface area contributed by atoms with E-state index in [1.54, 1.807) is 4.90 Å². The summed E-state index contributed by atoms with van der Waals surface area (Å²) in [6.07, 6.45) is 2.97. The van der Waals surface area contributed by atoms with Crippen molar-refractivity contribution in [2.45, 2.75) is 14.7 Å². The second kappa shape index (κ2) is 19.2. The Morgan fingerprint density at radius 2 is 1.68 bits per heavy atom. The van der Waals surface area contributed by atoms with Gasteiger partial charge in [0.15, 0.2) is 27.9 Å². The molecule has 5 aromatic rings. The fourth-order valence-electron chi connectivity index (χ4n) is 5.33. The number of rotatable bonds is 18. The van der Waals surface area contributed by atoms with Crippen LogP contribution in [0, 0.1) is 0 Å². The minimum Gasteiger partial charge on any atom is -0.505 e. The van der Waals surface area contributed by atoms with Crippen molar-refractivity contribution in [3.05, 3.63) is 72.6 Å². The molecule has 3 heterocycles. The molecule has 28 heteroatoms. The molecular weight excluding hydrogens is 867 g/mol. The summed E-state index contributed by atoms with van der Waals surface area (Å²) in [6.45, 7) is 1.27. The number of pyridine rings is 1. The number of sulfone groups is 1. The van der Waals surface area contributed by atoms with Gasteiger partial charge in [0.1, 0.15) is 10.6 Å². The highest BCUT2D eigenvalue weighted by Gasteiger charge is 2.27. The highest BCUT2D eigenvalue weighted by molar-refractivity contribution is 7.94. The largest absolute Gasteiger partial charge is 0.505 e. The number of nitrogens with two attached hydrogens (primary N) is 1. The molecule has 0 saturated carbocycles. The van der Waals surface area contributed by atoms with E-state index in [0.717, 1.165) is 6.07 Å². The third-order valence-corrected chi connectivity index (χ3v) is 11.7. The van der Waals surface area contributed by atoms with E-state index < -0.39 is 42.3 Å². The lowest BCUT2D eigenvalue weighted by Gasteiger charge is -2.25. The SMILES string of the molecule is NC(=O)c1cc[n+](-c2nc(Nc3cc4c(O)c(N=Nc5ccc(S(=O)(=O)CCOSOOO)cc5)c(SOOO)cc4cc3S(=O)(=O)O)nc(N3CCOCC3)n2)cc1. The Balaban J connectivity index is 1.38. The van der Waals surface area contributed by atoms with Crippen LogP contribution >= 0.6 is 24.4 Å². The fourth-order valence-corrected chi connectivity index (χ4v) is 7.90. The average Bonchev–Trinajstić information content (AvgIpc) is 3.22. The van der Waals surface area contributed by atoms with Gasteiger partial charge in [0, 0.05) is 24.0 Å². The van der Waals surface area contributed by atoms with Crippen LogP contribution in [0.3, 0.4) is 0 Å². The predicted octanol–water partition coefficient (Wildman–Crippen LogP) is 3.55. The number of nitrogens with one attached hydrogen (secondary N) is 1. The number of benzene rings is 3. The first-order chi connectivity index (χ1) is 28.3. The lowest BCUT2D eigenvalue weighted by Crippen LogP contribution is -2.39. The highest BCUT2D eigenvalue weighted by Crippen LogP contribution is 2.46. The summed E-state index contributed by atoms with van der Waals surface area (Å²) in [5, 5.41) is 46.6. The molecule has 6 rings (SSSR count). The topological polar surface area (TPSA) is 330 Å². The molecular formula is C31H30N9O15S4+. The smallest absolute Gasteiger partial charge is 0.444 e. The van der Waals surface area contributed by atoms with Crippen LogP contribution in [0.2, 0.25) is 0 Å². The first-order valence-electron chi connectivity index (χ1n) is 16.4. The Bertz CT molecular complexity index is 2570. The number of hydrogen-bond donors (Lipinski definition) is 6. The zero-order valence-electron chi connectivity index (χ0n) is 29.7. The van der Waals surface area contributed by atoms with E-state index in [1.165, 1.54) is 65.5 Å². The molecule has 0 unspecified atom stereocenters. The fraction of sp³-hybridized carbons (Fsp3) is 0.194. The predicted molar refractivity (Wildman–Crippen MR) is 203 cm³/mol.